The van der Waals surface area contributed by atoms with E-state index in [1.165, 1.54) is 0 Å². The van der Waals surface area contributed by atoms with Crippen LogP contribution in [0.1, 0.15) is 66.8 Å². The van der Waals surface area contributed by atoms with Crippen LogP contribution in [0.4, 0.5) is 0 Å². The van der Waals surface area contributed by atoms with Gasteiger partial charge in [-0.05, 0) is 67.8 Å². The average molecular weight is 881 g/mol. The van der Waals surface area contributed by atoms with Gasteiger partial charge in [-0.15, -0.1) is 0 Å². The summed E-state index contributed by atoms with van der Waals surface area (Å²) in [7, 11) is -4.67. The largest absolute Gasteiger partial charge is 0.456 e. The molecule has 0 amide bonds. The highest BCUT2D eigenvalue weighted by molar-refractivity contribution is 7.79. The zero-order valence-corrected chi connectivity index (χ0v) is 36.9. The normalized spacial score (nSPS) is 11.8. The third kappa shape index (κ3) is 14.5. The molecule has 2 N–H and O–H groups in total. The van der Waals surface area contributed by atoms with E-state index in [1.807, 2.05) is 36.4 Å². The van der Waals surface area contributed by atoms with Crippen LogP contribution in [0.3, 0.4) is 0 Å². The Labute approximate surface area is 388 Å². The first kappa shape index (κ1) is 45.9. The van der Waals surface area contributed by atoms with Crippen molar-refractivity contribution in [3.8, 4) is 11.5 Å². The minimum absolute atomic E-state index is 0.747. The number of ether oxygens (including phenoxy) is 1. The highest BCUT2D eigenvalue weighted by Crippen LogP contribution is 2.38. The monoisotopic (exact) mass is 880 g/mol. The molecule has 0 aliphatic rings. The van der Waals surface area contributed by atoms with E-state index < -0.39 is 10.4 Å². The van der Waals surface area contributed by atoms with Gasteiger partial charge < -0.3 is 4.74 Å². The van der Waals surface area contributed by atoms with Crippen molar-refractivity contribution in [1.29, 1.82) is 0 Å². The van der Waals surface area contributed by atoms with Crippen molar-refractivity contribution < 1.29 is 22.3 Å². The van der Waals surface area contributed by atoms with Gasteiger partial charge in [-0.25, -0.2) is 0 Å². The highest BCUT2D eigenvalue weighted by Gasteiger charge is 2.16. The molecule has 0 aliphatic heterocycles. The quantitative estimate of drug-likeness (QED) is 0.0840. The molecule has 66 heavy (non-hydrogen) atoms. The Morgan fingerprint density at radius 2 is 0.485 bits per heavy atom. The van der Waals surface area contributed by atoms with Crippen LogP contribution in [0.2, 0.25) is 0 Å². The number of hydrogen-bond acceptors (Lipinski definition) is 3. The van der Waals surface area contributed by atoms with Crippen molar-refractivity contribution in [2.45, 2.75) is 0 Å². The summed E-state index contributed by atoms with van der Waals surface area (Å²) in [6, 6.07) is 71.0. The van der Waals surface area contributed by atoms with Crippen LogP contribution in [-0.4, -0.2) is 17.5 Å². The lowest BCUT2D eigenvalue weighted by Gasteiger charge is -2.18. The molecule has 0 fully saturated rings. The van der Waals surface area contributed by atoms with Crippen LogP contribution in [0.5, 0.6) is 11.5 Å². The fourth-order valence-corrected chi connectivity index (χ4v) is 7.04. The van der Waals surface area contributed by atoms with Gasteiger partial charge in [0.2, 0.25) is 0 Å². The van der Waals surface area contributed by atoms with Crippen molar-refractivity contribution in [3.05, 3.63) is 273 Å². The average Bonchev–Trinajstić information content (AvgIpc) is 3.35. The van der Waals surface area contributed by atoms with Gasteiger partial charge in [0.05, 0.1) is 0 Å². The number of hydrogen-bond donors (Lipinski definition) is 2. The molecule has 0 bridgehead atoms. The smallest absolute Gasteiger partial charge is 0.394 e. The Bertz CT molecular complexity index is 2880. The standard InChI is InChI=1S/C60H46O.H2O4S/c1-7-19-47(20-8-1)31-37-53-39-45-59(57(43-35-51-27-15-5-16-28-51)55(53)41-33-49-23-11-3-12-24-49)61-60-46-40-54(38-32-48-21-9-2-10-22-48)56(42-34-50-25-13-4-14-26-50)58(60)44-36-52-29-17-6-18-30-52;1-5(2,3)4/h1-46H;(H2,1,2,3,4). The third-order valence-electron chi connectivity index (χ3n) is 10.3. The lowest BCUT2D eigenvalue weighted by atomic mass is 9.95. The summed E-state index contributed by atoms with van der Waals surface area (Å²) in [5.41, 5.74) is 12.9. The molecule has 8 aromatic carbocycles. The van der Waals surface area contributed by atoms with Crippen molar-refractivity contribution >= 4 is 83.3 Å². The van der Waals surface area contributed by atoms with Crippen molar-refractivity contribution in [2.75, 3.05) is 0 Å². The van der Waals surface area contributed by atoms with E-state index in [-0.39, 0.29) is 0 Å². The van der Waals surface area contributed by atoms with Crippen LogP contribution in [0, 0.1) is 0 Å². The molecule has 6 heteroatoms. The van der Waals surface area contributed by atoms with Crippen molar-refractivity contribution in [1.82, 2.24) is 0 Å². The molecular weight excluding hydrogens is 833 g/mol. The van der Waals surface area contributed by atoms with Crippen LogP contribution in [0.25, 0.3) is 72.9 Å². The van der Waals surface area contributed by atoms with E-state index >= 15 is 0 Å². The minimum Gasteiger partial charge on any atom is -0.456 e. The summed E-state index contributed by atoms with van der Waals surface area (Å²) in [4.78, 5) is 0. The van der Waals surface area contributed by atoms with E-state index in [0.29, 0.717) is 0 Å². The molecule has 8 rings (SSSR count). The molecule has 0 heterocycles. The topological polar surface area (TPSA) is 83.8 Å². The Balaban J connectivity index is 0.00000123. The Morgan fingerprint density at radius 3 is 0.727 bits per heavy atom. The predicted octanol–water partition coefficient (Wildman–Crippen LogP) is 15.8. The maximum atomic E-state index is 8.74. The molecule has 0 unspecified atom stereocenters. The van der Waals surface area contributed by atoms with Gasteiger partial charge in [0.15, 0.2) is 0 Å². The van der Waals surface area contributed by atoms with Gasteiger partial charge in [0.1, 0.15) is 11.5 Å². The van der Waals surface area contributed by atoms with Gasteiger partial charge in [-0.3, -0.25) is 9.11 Å². The highest BCUT2D eigenvalue weighted by atomic mass is 32.3. The fourth-order valence-electron chi connectivity index (χ4n) is 7.04. The summed E-state index contributed by atoms with van der Waals surface area (Å²) in [5.74, 6) is 1.49. The first-order chi connectivity index (χ1) is 32.2. The van der Waals surface area contributed by atoms with Crippen molar-refractivity contribution in [3.63, 3.8) is 0 Å². The Hall–Kier alpha value is -8.13. The SMILES string of the molecule is C(=Cc1ccc(Oc2ccc(C=Cc3ccccc3)c(C=Cc3ccccc3)c2C=Cc2ccccc2)c(C=Cc2ccccc2)c1C=Cc1ccccc1)c1ccccc1.O=S(=O)(O)O. The van der Waals surface area contributed by atoms with Crippen molar-refractivity contribution in [2.24, 2.45) is 0 Å². The van der Waals surface area contributed by atoms with Gasteiger partial charge in [0.25, 0.3) is 0 Å². The van der Waals surface area contributed by atoms with E-state index in [4.69, 9.17) is 22.3 Å². The molecule has 0 saturated heterocycles. The second kappa shape index (κ2) is 23.5. The molecule has 0 atom stereocenters. The van der Waals surface area contributed by atoms with Gasteiger partial charge >= 0.3 is 10.4 Å². The molecular formula is C60H48O5S. The van der Waals surface area contributed by atoms with Crippen LogP contribution >= 0.6 is 0 Å². The number of benzene rings is 8. The first-order valence-corrected chi connectivity index (χ1v) is 22.8. The maximum Gasteiger partial charge on any atom is 0.394 e. The van der Waals surface area contributed by atoms with E-state index in [9.17, 15) is 0 Å². The summed E-state index contributed by atoms with van der Waals surface area (Å²) in [6.07, 6.45) is 26.2. The van der Waals surface area contributed by atoms with Crippen LogP contribution < -0.4 is 4.74 Å². The molecule has 0 saturated carbocycles. The first-order valence-electron chi connectivity index (χ1n) is 21.4. The second-order valence-corrected chi connectivity index (χ2v) is 15.9. The third-order valence-corrected chi connectivity index (χ3v) is 10.3. The summed E-state index contributed by atoms with van der Waals surface area (Å²) < 4.78 is 38.8. The molecule has 0 radical (unpaired) electrons. The molecule has 324 valence electrons. The van der Waals surface area contributed by atoms with Gasteiger partial charge in [-0.2, -0.15) is 8.42 Å². The molecule has 5 nitrogen and oxygen atoms in total. The summed E-state index contributed by atoms with van der Waals surface area (Å²) >= 11 is 0. The lowest BCUT2D eigenvalue weighted by molar-refractivity contribution is 0.381. The summed E-state index contributed by atoms with van der Waals surface area (Å²) in [5, 5.41) is 0. The Kier molecular flexibility index (Phi) is 16.4. The van der Waals surface area contributed by atoms with Crippen LogP contribution in [0.15, 0.2) is 206 Å². The van der Waals surface area contributed by atoms with E-state index in [0.717, 1.165) is 78.3 Å². The zero-order chi connectivity index (χ0) is 45.8. The number of rotatable bonds is 14. The second-order valence-electron chi connectivity index (χ2n) is 15.0. The minimum atomic E-state index is -4.67. The van der Waals surface area contributed by atoms with Crippen LogP contribution in [-0.2, 0) is 10.4 Å². The molecule has 0 aromatic heterocycles. The maximum absolute atomic E-state index is 8.74. The summed E-state index contributed by atoms with van der Waals surface area (Å²) in [6.45, 7) is 0. The molecule has 8 aromatic rings. The predicted molar refractivity (Wildman–Crippen MR) is 279 cm³/mol. The van der Waals surface area contributed by atoms with Gasteiger partial charge in [-0.1, -0.05) is 267 Å². The Morgan fingerprint density at radius 1 is 0.273 bits per heavy atom. The zero-order valence-electron chi connectivity index (χ0n) is 36.1. The fraction of sp³-hybridized carbons (Fsp3) is 0. The van der Waals surface area contributed by atoms with Gasteiger partial charge in [0, 0.05) is 11.1 Å². The lowest BCUT2D eigenvalue weighted by Crippen LogP contribution is -1.97. The van der Waals surface area contributed by atoms with E-state index in [2.05, 4.69) is 243 Å². The molecule has 0 aliphatic carbocycles. The van der Waals surface area contributed by atoms with E-state index in [1.54, 1.807) is 0 Å². The molecule has 0 spiro atoms.